The molecule has 0 saturated heterocycles. The molecule has 0 aliphatic heterocycles. The first-order chi connectivity index (χ1) is 10.2. The van der Waals surface area contributed by atoms with Gasteiger partial charge < -0.3 is 15.4 Å². The minimum Gasteiger partial charge on any atom is -0.465 e. The second-order valence-corrected chi connectivity index (χ2v) is 4.35. The van der Waals surface area contributed by atoms with Crippen LogP contribution in [0.25, 0.3) is 0 Å². The Morgan fingerprint density at radius 2 is 2.10 bits per heavy atom. The van der Waals surface area contributed by atoms with Crippen LogP contribution in [0.3, 0.4) is 0 Å². The van der Waals surface area contributed by atoms with E-state index in [9.17, 15) is 4.79 Å². The van der Waals surface area contributed by atoms with E-state index in [2.05, 4.69) is 27.5 Å². The molecule has 0 unspecified atom stereocenters. The van der Waals surface area contributed by atoms with E-state index in [0.717, 1.165) is 13.0 Å². The number of nitrogens with one attached hydrogen (secondary N) is 2. The predicted octanol–water partition coefficient (Wildman–Crippen LogP) is 2.83. The normalized spacial score (nSPS) is 10.0. The fourth-order valence-electron chi connectivity index (χ4n) is 1.77. The number of anilines is 3. The van der Waals surface area contributed by atoms with E-state index in [0.29, 0.717) is 23.0 Å². The first-order valence-corrected chi connectivity index (χ1v) is 6.76. The lowest BCUT2D eigenvalue weighted by atomic mass is 10.2. The van der Waals surface area contributed by atoms with Crippen LogP contribution in [0.5, 0.6) is 0 Å². The number of nitrogens with zero attached hydrogens (tertiary/aromatic N) is 2. The number of esters is 1. The van der Waals surface area contributed by atoms with Crippen LogP contribution in [0, 0.1) is 0 Å². The molecule has 2 aromatic rings. The molecule has 0 atom stereocenters. The van der Waals surface area contributed by atoms with Gasteiger partial charge in [0.05, 0.1) is 18.4 Å². The number of methoxy groups -OCH3 is 1. The van der Waals surface area contributed by atoms with Crippen LogP contribution < -0.4 is 10.6 Å². The summed E-state index contributed by atoms with van der Waals surface area (Å²) in [5.74, 6) is 0.772. The maximum absolute atomic E-state index is 11.7. The van der Waals surface area contributed by atoms with E-state index in [1.54, 1.807) is 30.5 Å². The maximum atomic E-state index is 11.7. The first kappa shape index (κ1) is 14.8. The van der Waals surface area contributed by atoms with Crippen LogP contribution in [0.2, 0.25) is 0 Å². The van der Waals surface area contributed by atoms with Crippen molar-refractivity contribution in [1.82, 2.24) is 9.97 Å². The van der Waals surface area contributed by atoms with E-state index in [4.69, 9.17) is 4.74 Å². The lowest BCUT2D eigenvalue weighted by Crippen LogP contribution is -2.08. The summed E-state index contributed by atoms with van der Waals surface area (Å²) >= 11 is 0. The number of carbonyl (C=O) groups excluding carboxylic acids is 1. The van der Waals surface area contributed by atoms with Crippen LogP contribution in [0.4, 0.5) is 17.5 Å². The van der Waals surface area contributed by atoms with Gasteiger partial charge in [0.1, 0.15) is 5.82 Å². The van der Waals surface area contributed by atoms with E-state index >= 15 is 0 Å². The molecule has 6 nitrogen and oxygen atoms in total. The second kappa shape index (κ2) is 7.23. The van der Waals surface area contributed by atoms with Crippen molar-refractivity contribution in [2.75, 3.05) is 24.3 Å². The summed E-state index contributed by atoms with van der Waals surface area (Å²) in [4.78, 5) is 20.2. The highest BCUT2D eigenvalue weighted by atomic mass is 16.5. The number of aromatic nitrogens is 2. The number of para-hydroxylation sites is 1. The molecule has 0 spiro atoms. The van der Waals surface area contributed by atoms with Crippen molar-refractivity contribution < 1.29 is 9.53 Å². The Hall–Kier alpha value is -2.63. The zero-order chi connectivity index (χ0) is 15.1. The van der Waals surface area contributed by atoms with Crippen molar-refractivity contribution in [3.63, 3.8) is 0 Å². The number of hydrogen-bond donors (Lipinski definition) is 2. The van der Waals surface area contributed by atoms with Crippen molar-refractivity contribution in [2.24, 2.45) is 0 Å². The van der Waals surface area contributed by atoms with E-state index in [-0.39, 0.29) is 0 Å². The Morgan fingerprint density at radius 1 is 1.29 bits per heavy atom. The SMILES string of the molecule is CCCNc1nccc(Nc2ccccc2C(=O)OC)n1. The topological polar surface area (TPSA) is 76.1 Å². The highest BCUT2D eigenvalue weighted by Gasteiger charge is 2.11. The molecule has 0 amide bonds. The summed E-state index contributed by atoms with van der Waals surface area (Å²) in [7, 11) is 1.36. The zero-order valence-corrected chi connectivity index (χ0v) is 12.1. The van der Waals surface area contributed by atoms with Crippen molar-refractivity contribution in [2.45, 2.75) is 13.3 Å². The third-order valence-electron chi connectivity index (χ3n) is 2.78. The van der Waals surface area contributed by atoms with Gasteiger partial charge in [0.2, 0.25) is 5.95 Å². The number of benzene rings is 1. The van der Waals surface area contributed by atoms with Gasteiger partial charge in [-0.25, -0.2) is 9.78 Å². The van der Waals surface area contributed by atoms with Crippen LogP contribution in [0.15, 0.2) is 36.5 Å². The Balaban J connectivity index is 2.20. The lowest BCUT2D eigenvalue weighted by molar-refractivity contribution is 0.0602. The van der Waals surface area contributed by atoms with Gasteiger partial charge in [0.15, 0.2) is 0 Å². The third-order valence-corrected chi connectivity index (χ3v) is 2.78. The van der Waals surface area contributed by atoms with Crippen LogP contribution >= 0.6 is 0 Å². The summed E-state index contributed by atoms with van der Waals surface area (Å²) in [5, 5.41) is 6.23. The van der Waals surface area contributed by atoms with Gasteiger partial charge in [-0.2, -0.15) is 4.98 Å². The van der Waals surface area contributed by atoms with Gasteiger partial charge in [-0.05, 0) is 24.6 Å². The van der Waals surface area contributed by atoms with Gasteiger partial charge >= 0.3 is 5.97 Å². The maximum Gasteiger partial charge on any atom is 0.339 e. The minimum absolute atomic E-state index is 0.392. The molecule has 0 saturated carbocycles. The molecule has 1 heterocycles. The van der Waals surface area contributed by atoms with Crippen LogP contribution in [-0.2, 0) is 4.74 Å². The van der Waals surface area contributed by atoms with Gasteiger partial charge in [-0.1, -0.05) is 19.1 Å². The molecule has 2 rings (SSSR count). The number of carbonyl (C=O) groups is 1. The number of ether oxygens (including phenoxy) is 1. The smallest absolute Gasteiger partial charge is 0.339 e. The molecular formula is C15H18N4O2. The van der Waals surface area contributed by atoms with Crippen molar-refractivity contribution in [3.8, 4) is 0 Å². The number of hydrogen-bond acceptors (Lipinski definition) is 6. The molecule has 0 radical (unpaired) electrons. The largest absolute Gasteiger partial charge is 0.465 e. The average molecular weight is 286 g/mol. The van der Waals surface area contributed by atoms with E-state index in [1.165, 1.54) is 7.11 Å². The molecule has 110 valence electrons. The molecule has 1 aromatic carbocycles. The Morgan fingerprint density at radius 3 is 2.86 bits per heavy atom. The van der Waals surface area contributed by atoms with Gasteiger partial charge in [-0.3, -0.25) is 0 Å². The second-order valence-electron chi connectivity index (χ2n) is 4.35. The van der Waals surface area contributed by atoms with Gasteiger partial charge in [0.25, 0.3) is 0 Å². The first-order valence-electron chi connectivity index (χ1n) is 6.76. The Kier molecular flexibility index (Phi) is 5.09. The minimum atomic E-state index is -0.392. The fourth-order valence-corrected chi connectivity index (χ4v) is 1.77. The highest BCUT2D eigenvalue weighted by Crippen LogP contribution is 2.20. The van der Waals surface area contributed by atoms with E-state index < -0.39 is 5.97 Å². The third kappa shape index (κ3) is 3.92. The quantitative estimate of drug-likeness (QED) is 0.795. The fraction of sp³-hybridized carbons (Fsp3) is 0.267. The molecule has 1 aromatic heterocycles. The highest BCUT2D eigenvalue weighted by molar-refractivity contribution is 5.96. The molecule has 0 bridgehead atoms. The van der Waals surface area contributed by atoms with Crippen molar-refractivity contribution in [1.29, 1.82) is 0 Å². The Labute approximate surface area is 123 Å². The summed E-state index contributed by atoms with van der Waals surface area (Å²) in [5.41, 5.74) is 1.10. The molecule has 2 N–H and O–H groups in total. The zero-order valence-electron chi connectivity index (χ0n) is 12.1. The van der Waals surface area contributed by atoms with Crippen LogP contribution in [-0.4, -0.2) is 29.6 Å². The molecule has 0 aliphatic rings. The number of rotatable bonds is 6. The van der Waals surface area contributed by atoms with Gasteiger partial charge in [-0.15, -0.1) is 0 Å². The summed E-state index contributed by atoms with van der Waals surface area (Å²) < 4.78 is 4.77. The molecule has 21 heavy (non-hydrogen) atoms. The van der Waals surface area contributed by atoms with Crippen LogP contribution in [0.1, 0.15) is 23.7 Å². The average Bonchev–Trinajstić information content (AvgIpc) is 2.53. The Bertz CT molecular complexity index is 616. The lowest BCUT2D eigenvalue weighted by Gasteiger charge is -2.11. The molecular weight excluding hydrogens is 268 g/mol. The molecule has 6 heteroatoms. The summed E-state index contributed by atoms with van der Waals surface area (Å²) in [6, 6.07) is 8.86. The standard InChI is InChI=1S/C15H18N4O2/c1-3-9-16-15-17-10-8-13(19-15)18-12-7-5-4-6-11(12)14(20)21-2/h4-8,10H,3,9H2,1-2H3,(H2,16,17,18,19). The van der Waals surface area contributed by atoms with Crippen molar-refractivity contribution in [3.05, 3.63) is 42.1 Å². The van der Waals surface area contributed by atoms with Gasteiger partial charge in [0, 0.05) is 12.7 Å². The summed E-state index contributed by atoms with van der Waals surface area (Å²) in [6.45, 7) is 2.88. The van der Waals surface area contributed by atoms with Crippen molar-refractivity contribution >= 4 is 23.4 Å². The monoisotopic (exact) mass is 286 g/mol. The van der Waals surface area contributed by atoms with E-state index in [1.807, 2.05) is 6.07 Å². The molecule has 0 fully saturated rings. The molecule has 0 aliphatic carbocycles. The predicted molar refractivity (Wildman–Crippen MR) is 81.9 cm³/mol. The summed E-state index contributed by atoms with van der Waals surface area (Å²) in [6.07, 6.45) is 2.65.